The standard InChI is InChI=1S/C15H14ClFN4O2/c16-11-2-1-10(5-12(11)17)21-4-3-9(8-21)20-14-7-18-13(6-19-14)15(22)23/h1-2,5-7,9H,3-4,8H2,(H,19,20)(H,22,23). The smallest absolute Gasteiger partial charge is 0.356 e. The summed E-state index contributed by atoms with van der Waals surface area (Å²) in [5.74, 6) is -1.03. The molecular formula is C15H14ClFN4O2. The third kappa shape index (κ3) is 3.50. The summed E-state index contributed by atoms with van der Waals surface area (Å²) >= 11 is 5.70. The number of hydrogen-bond acceptors (Lipinski definition) is 5. The number of carboxylic acid groups (broad SMARTS) is 1. The molecule has 6 nitrogen and oxygen atoms in total. The number of nitrogens with zero attached hydrogens (tertiary/aromatic N) is 3. The SMILES string of the molecule is O=C(O)c1cnc(NC2CCN(c3ccc(Cl)c(F)c3)C2)cn1. The molecule has 0 saturated carbocycles. The van der Waals surface area contributed by atoms with E-state index < -0.39 is 11.8 Å². The molecule has 0 amide bonds. The highest BCUT2D eigenvalue weighted by Crippen LogP contribution is 2.25. The number of hydrogen-bond donors (Lipinski definition) is 2. The van der Waals surface area contributed by atoms with Crippen LogP contribution in [0.25, 0.3) is 0 Å². The van der Waals surface area contributed by atoms with Crippen LogP contribution in [0.15, 0.2) is 30.6 Å². The summed E-state index contributed by atoms with van der Waals surface area (Å²) in [4.78, 5) is 20.6. The first-order chi connectivity index (χ1) is 11.0. The van der Waals surface area contributed by atoms with Crippen LogP contribution in [0.3, 0.4) is 0 Å². The van der Waals surface area contributed by atoms with Crippen LogP contribution in [0.2, 0.25) is 5.02 Å². The van der Waals surface area contributed by atoms with Crippen LogP contribution in [0.5, 0.6) is 0 Å². The molecule has 8 heteroatoms. The maximum atomic E-state index is 13.5. The number of halogens is 2. The lowest BCUT2D eigenvalue weighted by molar-refractivity contribution is 0.0690. The molecule has 1 fully saturated rings. The monoisotopic (exact) mass is 336 g/mol. The van der Waals surface area contributed by atoms with E-state index in [-0.39, 0.29) is 16.8 Å². The molecule has 2 N–H and O–H groups in total. The van der Waals surface area contributed by atoms with E-state index >= 15 is 0 Å². The molecule has 1 aliphatic heterocycles. The van der Waals surface area contributed by atoms with E-state index in [9.17, 15) is 9.18 Å². The minimum Gasteiger partial charge on any atom is -0.476 e. The first kappa shape index (κ1) is 15.5. The lowest BCUT2D eigenvalue weighted by Crippen LogP contribution is -2.26. The van der Waals surface area contributed by atoms with Crippen LogP contribution in [0, 0.1) is 5.82 Å². The molecule has 1 unspecified atom stereocenters. The number of aromatic nitrogens is 2. The lowest BCUT2D eigenvalue weighted by Gasteiger charge is -2.19. The van der Waals surface area contributed by atoms with Gasteiger partial charge in [0, 0.05) is 24.8 Å². The largest absolute Gasteiger partial charge is 0.476 e. The molecule has 2 aromatic rings. The number of anilines is 2. The van der Waals surface area contributed by atoms with Gasteiger partial charge in [-0.1, -0.05) is 11.6 Å². The summed E-state index contributed by atoms with van der Waals surface area (Å²) in [6.07, 6.45) is 3.46. The van der Waals surface area contributed by atoms with Gasteiger partial charge in [0.1, 0.15) is 11.6 Å². The maximum absolute atomic E-state index is 13.5. The fourth-order valence-corrected chi connectivity index (χ4v) is 2.63. The summed E-state index contributed by atoms with van der Waals surface area (Å²) in [7, 11) is 0. The predicted molar refractivity (Wildman–Crippen MR) is 84.6 cm³/mol. The minimum absolute atomic E-state index is 0.0970. The van der Waals surface area contributed by atoms with Gasteiger partial charge in [-0.05, 0) is 24.6 Å². The van der Waals surface area contributed by atoms with Crippen molar-refractivity contribution in [1.82, 2.24) is 9.97 Å². The van der Waals surface area contributed by atoms with Crippen molar-refractivity contribution in [1.29, 1.82) is 0 Å². The number of benzene rings is 1. The maximum Gasteiger partial charge on any atom is 0.356 e. The van der Waals surface area contributed by atoms with Gasteiger partial charge in [0.2, 0.25) is 0 Å². The average molecular weight is 337 g/mol. The molecule has 3 rings (SSSR count). The molecule has 23 heavy (non-hydrogen) atoms. The molecule has 1 saturated heterocycles. The van der Waals surface area contributed by atoms with Gasteiger partial charge in [0.25, 0.3) is 0 Å². The Kier molecular flexibility index (Phi) is 4.29. The Morgan fingerprint density at radius 1 is 1.39 bits per heavy atom. The van der Waals surface area contributed by atoms with Crippen molar-refractivity contribution in [3.8, 4) is 0 Å². The van der Waals surface area contributed by atoms with Crippen molar-refractivity contribution in [2.75, 3.05) is 23.3 Å². The molecule has 0 spiro atoms. The normalized spacial score (nSPS) is 17.3. The highest BCUT2D eigenvalue weighted by atomic mass is 35.5. The van der Waals surface area contributed by atoms with E-state index in [4.69, 9.17) is 16.7 Å². The molecule has 1 aromatic carbocycles. The second-order valence-corrected chi connectivity index (χ2v) is 5.67. The second kappa shape index (κ2) is 6.37. The van der Waals surface area contributed by atoms with E-state index in [1.807, 2.05) is 0 Å². The zero-order valence-electron chi connectivity index (χ0n) is 12.0. The van der Waals surface area contributed by atoms with Gasteiger partial charge in [-0.15, -0.1) is 0 Å². The van der Waals surface area contributed by atoms with Gasteiger partial charge in [0.15, 0.2) is 5.69 Å². The summed E-state index contributed by atoms with van der Waals surface area (Å²) in [6, 6.07) is 4.88. The number of rotatable bonds is 4. The van der Waals surface area contributed by atoms with Gasteiger partial charge in [-0.2, -0.15) is 0 Å². The van der Waals surface area contributed by atoms with Crippen molar-refractivity contribution in [2.24, 2.45) is 0 Å². The van der Waals surface area contributed by atoms with Crippen LogP contribution in [0.1, 0.15) is 16.9 Å². The van der Waals surface area contributed by atoms with E-state index in [0.29, 0.717) is 12.4 Å². The van der Waals surface area contributed by atoms with Gasteiger partial charge in [-0.25, -0.2) is 19.2 Å². The minimum atomic E-state index is -1.11. The van der Waals surface area contributed by atoms with Gasteiger partial charge in [-0.3, -0.25) is 0 Å². The summed E-state index contributed by atoms with van der Waals surface area (Å²) in [5.41, 5.74) is 0.684. The van der Waals surface area contributed by atoms with Crippen LogP contribution in [0.4, 0.5) is 15.9 Å². The quantitative estimate of drug-likeness (QED) is 0.893. The van der Waals surface area contributed by atoms with E-state index in [0.717, 1.165) is 18.7 Å². The third-order valence-electron chi connectivity index (χ3n) is 3.68. The summed E-state index contributed by atoms with van der Waals surface area (Å²) in [6.45, 7) is 1.46. The highest BCUT2D eigenvalue weighted by Gasteiger charge is 2.23. The molecule has 0 radical (unpaired) electrons. The van der Waals surface area contributed by atoms with Gasteiger partial charge in [0.05, 0.1) is 17.4 Å². The molecule has 120 valence electrons. The number of aromatic carboxylic acids is 1. The van der Waals surface area contributed by atoms with E-state index in [1.54, 1.807) is 12.1 Å². The fourth-order valence-electron chi connectivity index (χ4n) is 2.52. The first-order valence-electron chi connectivity index (χ1n) is 7.05. The molecule has 1 aliphatic rings. The number of carboxylic acids is 1. The Hall–Kier alpha value is -2.41. The van der Waals surface area contributed by atoms with Crippen molar-refractivity contribution in [3.63, 3.8) is 0 Å². The van der Waals surface area contributed by atoms with E-state index in [2.05, 4.69) is 20.2 Å². The Morgan fingerprint density at radius 3 is 2.87 bits per heavy atom. The third-order valence-corrected chi connectivity index (χ3v) is 3.99. The number of nitrogens with one attached hydrogen (secondary N) is 1. The fraction of sp³-hybridized carbons (Fsp3) is 0.267. The Bertz CT molecular complexity index is 726. The summed E-state index contributed by atoms with van der Waals surface area (Å²) in [5, 5.41) is 12.1. The lowest BCUT2D eigenvalue weighted by atomic mass is 10.2. The number of carbonyl (C=O) groups is 1. The molecule has 1 atom stereocenters. The second-order valence-electron chi connectivity index (χ2n) is 5.27. The Labute approximate surface area is 136 Å². The first-order valence-corrected chi connectivity index (χ1v) is 7.42. The predicted octanol–water partition coefficient (Wildman–Crippen LogP) is 2.66. The van der Waals surface area contributed by atoms with Crippen molar-refractivity contribution in [3.05, 3.63) is 47.1 Å². The van der Waals surface area contributed by atoms with Crippen molar-refractivity contribution < 1.29 is 14.3 Å². The van der Waals surface area contributed by atoms with Crippen LogP contribution in [-0.2, 0) is 0 Å². The van der Waals surface area contributed by atoms with Crippen LogP contribution >= 0.6 is 11.6 Å². The van der Waals surface area contributed by atoms with Crippen LogP contribution < -0.4 is 10.2 Å². The van der Waals surface area contributed by atoms with Crippen molar-refractivity contribution in [2.45, 2.75) is 12.5 Å². The molecular weight excluding hydrogens is 323 g/mol. The zero-order chi connectivity index (χ0) is 16.4. The Morgan fingerprint density at radius 2 is 2.22 bits per heavy atom. The van der Waals surface area contributed by atoms with Crippen LogP contribution in [-0.4, -0.2) is 40.2 Å². The molecule has 1 aromatic heterocycles. The molecule has 2 heterocycles. The summed E-state index contributed by atoms with van der Waals surface area (Å²) < 4.78 is 13.5. The highest BCUT2D eigenvalue weighted by molar-refractivity contribution is 6.30. The van der Waals surface area contributed by atoms with Gasteiger partial charge >= 0.3 is 5.97 Å². The molecule has 0 aliphatic carbocycles. The zero-order valence-corrected chi connectivity index (χ0v) is 12.8. The van der Waals surface area contributed by atoms with Crippen molar-refractivity contribution >= 4 is 29.1 Å². The van der Waals surface area contributed by atoms with E-state index in [1.165, 1.54) is 18.5 Å². The Balaban J connectivity index is 1.63. The molecule has 0 bridgehead atoms. The van der Waals surface area contributed by atoms with Gasteiger partial charge < -0.3 is 15.3 Å². The topological polar surface area (TPSA) is 78.3 Å². The average Bonchev–Trinajstić information content (AvgIpc) is 2.99.